The van der Waals surface area contributed by atoms with E-state index in [0.717, 1.165) is 49.8 Å². The number of aromatic amines is 1. The lowest BCUT2D eigenvalue weighted by atomic mass is 9.96. The van der Waals surface area contributed by atoms with Crippen molar-refractivity contribution in [3.05, 3.63) is 82.3 Å². The van der Waals surface area contributed by atoms with Gasteiger partial charge in [-0.25, -0.2) is 4.79 Å². The molecule has 9 nitrogen and oxygen atoms in total. The number of hydrogen-bond acceptors (Lipinski definition) is 5. The fourth-order valence-electron chi connectivity index (χ4n) is 7.03. The minimum absolute atomic E-state index is 0.0234. The summed E-state index contributed by atoms with van der Waals surface area (Å²) < 4.78 is 33.5. The highest BCUT2D eigenvalue weighted by Gasteiger charge is 2.41. The first-order valence-electron chi connectivity index (χ1n) is 16.1. The predicted octanol–water partition coefficient (Wildman–Crippen LogP) is 5.60. The largest absolute Gasteiger partial charge is 0.490 e. The number of nitrogens with zero attached hydrogens (tertiary/aromatic N) is 3. The van der Waals surface area contributed by atoms with Crippen LogP contribution in [-0.2, 0) is 11.2 Å². The SMILES string of the molecule is CC(C)n1c(=O)c(C(=O)NC2C[C@H]3CC[C@@H](C2)N3CCN(C)CCc2c[nH]c3ccccc23)cc2ccccc21.O=C(O)C(F)(F)F. The van der Waals surface area contributed by atoms with Crippen LogP contribution in [-0.4, -0.2) is 87.3 Å². The third-order valence-electron chi connectivity index (χ3n) is 9.35. The molecule has 4 aromatic rings. The number of carboxylic acids is 1. The molecule has 1 amide bonds. The first kappa shape index (κ1) is 34.2. The molecule has 2 aliphatic rings. The zero-order valence-corrected chi connectivity index (χ0v) is 26.9. The van der Waals surface area contributed by atoms with Gasteiger partial charge in [0.05, 0.1) is 5.52 Å². The van der Waals surface area contributed by atoms with E-state index in [0.29, 0.717) is 12.1 Å². The molecule has 6 rings (SSSR count). The molecular formula is C35H42F3N5O4. The molecule has 3 N–H and O–H groups in total. The number of carbonyl (C=O) groups excluding carboxylic acids is 1. The van der Waals surface area contributed by atoms with Crippen LogP contribution in [0.3, 0.4) is 0 Å². The lowest BCUT2D eigenvalue weighted by Crippen LogP contribution is -2.52. The number of rotatable bonds is 9. The quantitative estimate of drug-likeness (QED) is 0.217. The number of piperidine rings is 1. The number of para-hydroxylation sites is 2. The molecule has 0 aliphatic carbocycles. The Bertz CT molecular complexity index is 1770. The fourth-order valence-corrected chi connectivity index (χ4v) is 7.03. The van der Waals surface area contributed by atoms with Crippen LogP contribution < -0.4 is 10.9 Å². The molecule has 2 saturated heterocycles. The zero-order valence-electron chi connectivity index (χ0n) is 26.9. The van der Waals surface area contributed by atoms with Crippen LogP contribution in [0, 0.1) is 0 Å². The second-order valence-corrected chi connectivity index (χ2v) is 12.9. The third kappa shape index (κ3) is 7.87. The number of aliphatic carboxylic acids is 1. The topological polar surface area (TPSA) is 111 Å². The summed E-state index contributed by atoms with van der Waals surface area (Å²) in [5, 5.41) is 12.6. The minimum Gasteiger partial charge on any atom is -0.475 e. The molecule has 0 spiro atoms. The number of aromatic nitrogens is 2. The van der Waals surface area contributed by atoms with Gasteiger partial charge in [0.1, 0.15) is 5.56 Å². The van der Waals surface area contributed by atoms with E-state index < -0.39 is 12.1 Å². The zero-order chi connectivity index (χ0) is 33.9. The summed E-state index contributed by atoms with van der Waals surface area (Å²) in [5.74, 6) is -2.99. The number of fused-ring (bicyclic) bond motifs is 4. The normalized spacial score (nSPS) is 19.7. The van der Waals surface area contributed by atoms with E-state index in [2.05, 4.69) is 57.6 Å². The number of halogens is 3. The van der Waals surface area contributed by atoms with Gasteiger partial charge in [0, 0.05) is 60.9 Å². The van der Waals surface area contributed by atoms with E-state index in [4.69, 9.17) is 9.90 Å². The van der Waals surface area contributed by atoms with Gasteiger partial charge >= 0.3 is 12.1 Å². The highest BCUT2D eigenvalue weighted by atomic mass is 19.4. The van der Waals surface area contributed by atoms with E-state index >= 15 is 0 Å². The fraction of sp³-hybridized carbons (Fsp3) is 0.457. The second-order valence-electron chi connectivity index (χ2n) is 12.9. The van der Waals surface area contributed by atoms with Gasteiger partial charge in [-0.2, -0.15) is 13.2 Å². The first-order chi connectivity index (χ1) is 22.3. The summed E-state index contributed by atoms with van der Waals surface area (Å²) >= 11 is 0. The van der Waals surface area contributed by atoms with Gasteiger partial charge in [0.15, 0.2) is 0 Å². The van der Waals surface area contributed by atoms with E-state index in [9.17, 15) is 22.8 Å². The highest BCUT2D eigenvalue weighted by Crippen LogP contribution is 2.35. The van der Waals surface area contributed by atoms with Crippen LogP contribution in [0.1, 0.15) is 61.5 Å². The molecule has 0 saturated carbocycles. The number of likely N-dealkylation sites (N-methyl/N-ethyl adjacent to an activating group) is 1. The maximum Gasteiger partial charge on any atom is 0.490 e. The van der Waals surface area contributed by atoms with Crippen molar-refractivity contribution >= 4 is 33.7 Å². The van der Waals surface area contributed by atoms with Crippen molar-refractivity contribution in [1.29, 1.82) is 0 Å². The molecule has 2 aromatic carbocycles. The Hall–Kier alpha value is -4.16. The van der Waals surface area contributed by atoms with Gasteiger partial charge in [0.25, 0.3) is 11.5 Å². The monoisotopic (exact) mass is 653 g/mol. The van der Waals surface area contributed by atoms with Crippen molar-refractivity contribution in [3.63, 3.8) is 0 Å². The summed E-state index contributed by atoms with van der Waals surface area (Å²) in [6.07, 6.45) is 2.38. The number of amides is 1. The molecule has 1 unspecified atom stereocenters. The highest BCUT2D eigenvalue weighted by molar-refractivity contribution is 5.97. The standard InChI is InChI=1S/C33H41N5O2.C2HF3O2/c1-22(2)38-31-11-7-4-8-23(31)18-29(33(38)40)32(39)35-25-19-26-12-13-27(20-25)37(26)17-16-36(3)15-14-24-21-34-30-10-6-5-9-28(24)30;3-2(4,5)1(6)7/h4-11,18,21-22,25-27,34H,12-17,19-20H2,1-3H3,(H,35,39);(H,6,7)/t25?,26-,27+;. The smallest absolute Gasteiger partial charge is 0.475 e. The van der Waals surface area contributed by atoms with Crippen LogP contribution in [0.4, 0.5) is 13.2 Å². The Morgan fingerprint density at radius 3 is 2.34 bits per heavy atom. The molecule has 47 heavy (non-hydrogen) atoms. The summed E-state index contributed by atoms with van der Waals surface area (Å²) in [5.41, 5.74) is 3.50. The van der Waals surface area contributed by atoms with Gasteiger partial charge in [-0.15, -0.1) is 0 Å². The van der Waals surface area contributed by atoms with E-state index in [1.54, 1.807) is 10.6 Å². The number of carbonyl (C=O) groups is 2. The van der Waals surface area contributed by atoms with Crippen molar-refractivity contribution in [2.75, 3.05) is 26.7 Å². The van der Waals surface area contributed by atoms with E-state index in [1.165, 1.54) is 29.3 Å². The van der Waals surface area contributed by atoms with Gasteiger partial charge in [0.2, 0.25) is 0 Å². The number of benzene rings is 2. The second kappa shape index (κ2) is 14.3. The number of pyridine rings is 1. The predicted molar refractivity (Wildman–Crippen MR) is 176 cm³/mol. The molecule has 0 radical (unpaired) electrons. The number of H-pyrrole nitrogens is 1. The van der Waals surface area contributed by atoms with Crippen molar-refractivity contribution in [3.8, 4) is 0 Å². The Labute approximate surface area is 271 Å². The molecule has 252 valence electrons. The van der Waals surface area contributed by atoms with Crippen LogP contribution >= 0.6 is 0 Å². The number of alkyl halides is 3. The molecule has 4 heterocycles. The van der Waals surface area contributed by atoms with Crippen molar-refractivity contribution < 1.29 is 27.9 Å². The maximum atomic E-state index is 13.4. The Balaban J connectivity index is 0.000000559. The lowest BCUT2D eigenvalue weighted by Gasteiger charge is -2.39. The van der Waals surface area contributed by atoms with Gasteiger partial charge < -0.3 is 24.9 Å². The Morgan fingerprint density at radius 1 is 1.04 bits per heavy atom. The van der Waals surface area contributed by atoms with Gasteiger partial charge in [-0.3, -0.25) is 14.5 Å². The Morgan fingerprint density at radius 2 is 1.68 bits per heavy atom. The summed E-state index contributed by atoms with van der Waals surface area (Å²) in [7, 11) is 2.22. The summed E-state index contributed by atoms with van der Waals surface area (Å²) in [6.45, 7) is 7.11. The minimum atomic E-state index is -5.08. The van der Waals surface area contributed by atoms with E-state index in [1.807, 2.05) is 38.1 Å². The van der Waals surface area contributed by atoms with Crippen molar-refractivity contribution in [2.24, 2.45) is 0 Å². The molecule has 12 heteroatoms. The van der Waals surface area contributed by atoms with Crippen LogP contribution in [0.15, 0.2) is 65.6 Å². The van der Waals surface area contributed by atoms with Gasteiger partial charge in [-0.1, -0.05) is 36.4 Å². The average molecular weight is 654 g/mol. The van der Waals surface area contributed by atoms with Crippen LogP contribution in [0.5, 0.6) is 0 Å². The molecule has 2 bridgehead atoms. The Kier molecular flexibility index (Phi) is 10.4. The average Bonchev–Trinajstić information content (AvgIpc) is 3.54. The van der Waals surface area contributed by atoms with Crippen LogP contribution in [0.25, 0.3) is 21.8 Å². The lowest BCUT2D eigenvalue weighted by molar-refractivity contribution is -0.192. The molecule has 2 fully saturated rings. The van der Waals surface area contributed by atoms with E-state index in [-0.39, 0.29) is 29.1 Å². The van der Waals surface area contributed by atoms with Crippen LogP contribution in [0.2, 0.25) is 0 Å². The number of hydrogen-bond donors (Lipinski definition) is 3. The maximum absolute atomic E-state index is 13.4. The molecular weight excluding hydrogens is 611 g/mol. The molecule has 2 aliphatic heterocycles. The number of nitrogens with one attached hydrogen (secondary N) is 2. The first-order valence-corrected chi connectivity index (χ1v) is 16.1. The number of carboxylic acid groups (broad SMARTS) is 1. The van der Waals surface area contributed by atoms with Gasteiger partial charge in [-0.05, 0) is 82.1 Å². The summed E-state index contributed by atoms with van der Waals surface area (Å²) in [6, 6.07) is 19.2. The summed E-state index contributed by atoms with van der Waals surface area (Å²) in [4.78, 5) is 44.1. The molecule has 2 aromatic heterocycles. The third-order valence-corrected chi connectivity index (χ3v) is 9.35. The van der Waals surface area contributed by atoms with Crippen molar-refractivity contribution in [2.45, 2.75) is 76.3 Å². The molecule has 3 atom stereocenters. The van der Waals surface area contributed by atoms with Crippen molar-refractivity contribution in [1.82, 2.24) is 24.7 Å².